The van der Waals surface area contributed by atoms with E-state index in [0.29, 0.717) is 18.4 Å². The third kappa shape index (κ3) is 19.4. The van der Waals surface area contributed by atoms with Crippen molar-refractivity contribution >= 4 is 53.2 Å². The molecule has 0 saturated carbocycles. The zero-order valence-electron chi connectivity index (χ0n) is 33.8. The number of aromatic hydroxyl groups is 1. The van der Waals surface area contributed by atoms with Crippen LogP contribution in [0.5, 0.6) is 5.75 Å². The molecule has 0 fully saturated rings. The maximum absolute atomic E-state index is 13.9. The van der Waals surface area contributed by atoms with Crippen LogP contribution < -0.4 is 49.1 Å². The van der Waals surface area contributed by atoms with E-state index in [0.717, 1.165) is 0 Å². The molecule has 0 spiro atoms. The van der Waals surface area contributed by atoms with Gasteiger partial charge in [0, 0.05) is 26.2 Å². The summed E-state index contributed by atoms with van der Waals surface area (Å²) in [6, 6.07) is -1.89. The number of benzene rings is 1. The summed E-state index contributed by atoms with van der Waals surface area (Å²) in [7, 11) is 0. The molecule has 0 aliphatic carbocycles. The van der Waals surface area contributed by atoms with Crippen LogP contribution in [0.4, 0.5) is 0 Å². The van der Waals surface area contributed by atoms with Gasteiger partial charge in [0.25, 0.3) is 0 Å². The molecule has 1 aromatic carbocycles. The molecule has 0 unspecified atom stereocenters. The first-order valence-corrected chi connectivity index (χ1v) is 19.2. The normalized spacial score (nSPS) is 14.1. The highest BCUT2D eigenvalue weighted by Gasteiger charge is 2.34. The Morgan fingerprint density at radius 1 is 0.621 bits per heavy atom. The van der Waals surface area contributed by atoms with Crippen molar-refractivity contribution in [2.75, 3.05) is 6.54 Å². The van der Waals surface area contributed by atoms with Crippen molar-refractivity contribution in [1.29, 1.82) is 0 Å². The van der Waals surface area contributed by atoms with Crippen LogP contribution in [0.3, 0.4) is 0 Å². The van der Waals surface area contributed by atoms with E-state index in [1.165, 1.54) is 31.2 Å². The van der Waals surface area contributed by atoms with Crippen molar-refractivity contribution in [2.24, 2.45) is 29.0 Å². The van der Waals surface area contributed by atoms with Gasteiger partial charge in [-0.2, -0.15) is 0 Å². The fourth-order valence-electron chi connectivity index (χ4n) is 5.79. The van der Waals surface area contributed by atoms with Gasteiger partial charge >= 0.3 is 5.97 Å². The topological polar surface area (TPSA) is 344 Å². The molecule has 14 N–H and O–H groups in total. The Bertz CT molecular complexity index is 1590. The first-order chi connectivity index (χ1) is 27.1. The minimum Gasteiger partial charge on any atom is -0.508 e. The predicted octanol–water partition coefficient (Wildman–Crippen LogP) is -1.69. The highest BCUT2D eigenvalue weighted by atomic mass is 16.4. The number of rotatable bonds is 27. The van der Waals surface area contributed by atoms with Gasteiger partial charge in [0.05, 0.1) is 0 Å². The Balaban J connectivity index is 3.39. The van der Waals surface area contributed by atoms with Gasteiger partial charge in [-0.25, -0.2) is 0 Å². The number of carboxylic acid groups (broad SMARTS) is 1. The number of nitrogens with one attached hydrogen (secondary N) is 6. The molecule has 0 saturated heterocycles. The van der Waals surface area contributed by atoms with E-state index in [-0.39, 0.29) is 50.3 Å². The van der Waals surface area contributed by atoms with Crippen LogP contribution in [0.1, 0.15) is 91.5 Å². The van der Waals surface area contributed by atoms with Gasteiger partial charge in [-0.05, 0) is 74.6 Å². The molecule has 1 rings (SSSR count). The number of nitrogens with two attached hydrogens (primary N) is 3. The van der Waals surface area contributed by atoms with Crippen LogP contribution >= 0.6 is 0 Å². The number of aliphatic carboxylic acids is 1. The van der Waals surface area contributed by atoms with E-state index in [9.17, 15) is 53.4 Å². The summed E-state index contributed by atoms with van der Waals surface area (Å²) in [6.45, 7) is 8.28. The van der Waals surface area contributed by atoms with Gasteiger partial charge in [0.2, 0.25) is 47.3 Å². The largest absolute Gasteiger partial charge is 0.508 e. The van der Waals surface area contributed by atoms with Crippen LogP contribution in [0.2, 0.25) is 0 Å². The average Bonchev–Trinajstić information content (AvgIpc) is 3.12. The average molecular weight is 820 g/mol. The fraction of sp³-hybridized carbons (Fsp3) is 0.605. The zero-order valence-corrected chi connectivity index (χ0v) is 33.8. The van der Waals surface area contributed by atoms with E-state index < -0.39 is 108 Å². The van der Waals surface area contributed by atoms with Crippen molar-refractivity contribution in [3.63, 3.8) is 0 Å². The second-order valence-electron chi connectivity index (χ2n) is 14.9. The van der Waals surface area contributed by atoms with Gasteiger partial charge < -0.3 is 59.3 Å². The summed E-state index contributed by atoms with van der Waals surface area (Å²) in [5.41, 5.74) is 17.0. The maximum Gasteiger partial charge on any atom is 0.303 e. The molecule has 0 aliphatic heterocycles. The lowest BCUT2D eigenvalue weighted by molar-refractivity contribution is -0.138. The third-order valence-corrected chi connectivity index (χ3v) is 8.85. The molecule has 6 atom stereocenters. The first-order valence-electron chi connectivity index (χ1n) is 19.2. The Morgan fingerprint density at radius 3 is 1.53 bits per heavy atom. The minimum atomic E-state index is -1.49. The van der Waals surface area contributed by atoms with Gasteiger partial charge in [0.15, 0.2) is 0 Å². The Labute approximate surface area is 337 Å². The molecule has 20 nitrogen and oxygen atoms in total. The highest BCUT2D eigenvalue weighted by Crippen LogP contribution is 2.13. The Hall–Kier alpha value is -5.79. The number of carboxylic acids is 1. The lowest BCUT2D eigenvalue weighted by atomic mass is 10.00. The summed E-state index contributed by atoms with van der Waals surface area (Å²) in [5, 5.41) is 34.2. The van der Waals surface area contributed by atoms with Crippen molar-refractivity contribution in [1.82, 2.24) is 31.9 Å². The lowest BCUT2D eigenvalue weighted by Crippen LogP contribution is -2.60. The van der Waals surface area contributed by atoms with Crippen LogP contribution in [0, 0.1) is 11.8 Å². The van der Waals surface area contributed by atoms with Gasteiger partial charge in [-0.15, -0.1) is 0 Å². The molecule has 0 radical (unpaired) electrons. The second-order valence-corrected chi connectivity index (χ2v) is 14.9. The molecule has 0 bridgehead atoms. The maximum atomic E-state index is 13.9. The fourth-order valence-corrected chi connectivity index (χ4v) is 5.79. The van der Waals surface area contributed by atoms with Crippen LogP contribution in [0.15, 0.2) is 24.3 Å². The second kappa shape index (κ2) is 25.5. The van der Waals surface area contributed by atoms with Crippen molar-refractivity contribution in [3.8, 4) is 5.75 Å². The molecule has 0 heterocycles. The number of amides is 8. The SMILES string of the molecule is CC(=O)N[C@@H](Cc1ccc(O)cc1)C(=O)N[C@@H](CCC(=O)O)C(=O)N[C@@H](CCCCN)C(=O)N[C@@H](CC(C)C)C(=O)N[C@@H](CCC(N)=O)C(=O)N[C@H](C(N)=O)C(C)C. The number of primary amides is 2. The van der Waals surface area contributed by atoms with Crippen molar-refractivity contribution < 1.29 is 53.4 Å². The summed E-state index contributed by atoms with van der Waals surface area (Å²) < 4.78 is 0. The smallest absolute Gasteiger partial charge is 0.303 e. The number of phenolic OH excluding ortho intramolecular Hbond substituents is 1. The molecular weight excluding hydrogens is 758 g/mol. The van der Waals surface area contributed by atoms with Crippen LogP contribution in [-0.4, -0.2) is 106 Å². The number of carbonyl (C=O) groups is 9. The van der Waals surface area contributed by atoms with Gasteiger partial charge in [0.1, 0.15) is 42.0 Å². The third-order valence-electron chi connectivity index (χ3n) is 8.85. The lowest BCUT2D eigenvalue weighted by Gasteiger charge is -2.28. The predicted molar refractivity (Wildman–Crippen MR) is 211 cm³/mol. The van der Waals surface area contributed by atoms with Crippen LogP contribution in [-0.2, 0) is 49.6 Å². The summed E-state index contributed by atoms with van der Waals surface area (Å²) in [5.74, 6) is -8.22. The summed E-state index contributed by atoms with van der Waals surface area (Å²) in [4.78, 5) is 115. The van der Waals surface area contributed by atoms with Crippen LogP contribution in [0.25, 0.3) is 0 Å². The van der Waals surface area contributed by atoms with E-state index in [4.69, 9.17) is 17.2 Å². The van der Waals surface area contributed by atoms with Crippen molar-refractivity contribution in [3.05, 3.63) is 29.8 Å². The number of phenols is 1. The van der Waals surface area contributed by atoms with E-state index in [1.54, 1.807) is 27.7 Å². The number of unbranched alkanes of at least 4 members (excludes halogenated alkanes) is 1. The Morgan fingerprint density at radius 2 is 1.09 bits per heavy atom. The molecular formula is C38H61N9O11. The standard InChI is InChI=1S/C38H61N9O11/c1-20(2)18-28(37(57)44-26(13-15-30(40)50)36(56)47-32(21(3)4)33(41)53)46-34(54)25(8-6-7-17-39)43-35(55)27(14-16-31(51)52)45-38(58)29(42-22(5)48)19-23-9-11-24(49)12-10-23/h9-12,20-21,25-29,32,49H,6-8,13-19,39H2,1-5H3,(H2,40,50)(H2,41,53)(H,42,48)(H,43,55)(H,44,57)(H,45,58)(H,46,54)(H,47,56)(H,51,52)/t25-,26-,27-,28-,29-,32-/m0/s1. The summed E-state index contributed by atoms with van der Waals surface area (Å²) in [6.07, 6.45) is -0.666. The van der Waals surface area contributed by atoms with E-state index in [1.807, 2.05) is 0 Å². The molecule has 58 heavy (non-hydrogen) atoms. The minimum absolute atomic E-state index is 0.0209. The van der Waals surface area contributed by atoms with E-state index >= 15 is 0 Å². The molecule has 0 aliphatic rings. The number of carbonyl (C=O) groups excluding carboxylic acids is 8. The highest BCUT2D eigenvalue weighted by molar-refractivity contribution is 5.97. The van der Waals surface area contributed by atoms with Gasteiger partial charge in [-0.3, -0.25) is 43.2 Å². The molecule has 0 aromatic heterocycles. The molecule has 324 valence electrons. The first kappa shape index (κ1) is 50.2. The van der Waals surface area contributed by atoms with E-state index in [2.05, 4.69) is 31.9 Å². The Kier molecular flexibility index (Phi) is 22.0. The monoisotopic (exact) mass is 819 g/mol. The quantitative estimate of drug-likeness (QED) is 0.0443. The number of hydrogen-bond donors (Lipinski definition) is 11. The van der Waals surface area contributed by atoms with Gasteiger partial charge in [-0.1, -0.05) is 39.8 Å². The molecule has 1 aromatic rings. The number of hydrogen-bond acceptors (Lipinski definition) is 11. The van der Waals surface area contributed by atoms with Crippen molar-refractivity contribution in [2.45, 2.75) is 129 Å². The zero-order chi connectivity index (χ0) is 44.1. The summed E-state index contributed by atoms with van der Waals surface area (Å²) >= 11 is 0. The molecule has 8 amide bonds. The molecule has 20 heteroatoms.